The van der Waals surface area contributed by atoms with Gasteiger partial charge >= 0.3 is 0 Å². The van der Waals surface area contributed by atoms with E-state index in [1.165, 1.54) is 43.6 Å². The molecule has 0 spiro atoms. The monoisotopic (exact) mass is 208 g/mol. The molecule has 1 aromatic heterocycles. The molecule has 0 unspecified atom stereocenters. The van der Waals surface area contributed by atoms with E-state index < -0.39 is 0 Å². The van der Waals surface area contributed by atoms with Crippen LogP contribution in [0.4, 0.5) is 0 Å². The lowest BCUT2D eigenvalue weighted by atomic mass is 10.1. The van der Waals surface area contributed by atoms with Gasteiger partial charge in [0.1, 0.15) is 0 Å². The standard InChI is InChI=1S/C11H20N4/c1-14-11(10(7-12)8-13-14)9-15-5-3-2-4-6-15/h8H,2-7,9,12H2,1H3. The summed E-state index contributed by atoms with van der Waals surface area (Å²) >= 11 is 0. The third-order valence-corrected chi connectivity index (χ3v) is 3.19. The first kappa shape index (κ1) is 10.6. The average molecular weight is 208 g/mol. The van der Waals surface area contributed by atoms with Crippen LogP contribution in [0, 0.1) is 0 Å². The lowest BCUT2D eigenvalue weighted by Crippen LogP contribution is -2.30. The second-order valence-corrected chi connectivity index (χ2v) is 4.28. The first-order chi connectivity index (χ1) is 7.31. The molecule has 0 radical (unpaired) electrons. The van der Waals surface area contributed by atoms with Gasteiger partial charge in [0.2, 0.25) is 0 Å². The van der Waals surface area contributed by atoms with Crippen LogP contribution in [0.3, 0.4) is 0 Å². The summed E-state index contributed by atoms with van der Waals surface area (Å²) in [5.74, 6) is 0. The van der Waals surface area contributed by atoms with E-state index in [1.807, 2.05) is 17.9 Å². The number of hydrogen-bond acceptors (Lipinski definition) is 3. The summed E-state index contributed by atoms with van der Waals surface area (Å²) in [4.78, 5) is 2.50. The molecule has 0 saturated carbocycles. The third kappa shape index (κ3) is 2.38. The molecule has 2 rings (SSSR count). The van der Waals surface area contributed by atoms with E-state index in [0.717, 1.165) is 6.54 Å². The molecule has 0 amide bonds. The second kappa shape index (κ2) is 4.77. The molecule has 0 aliphatic carbocycles. The number of aromatic nitrogens is 2. The van der Waals surface area contributed by atoms with E-state index in [4.69, 9.17) is 5.73 Å². The van der Waals surface area contributed by atoms with Gasteiger partial charge in [-0.3, -0.25) is 9.58 Å². The number of likely N-dealkylation sites (tertiary alicyclic amines) is 1. The minimum atomic E-state index is 0.594. The van der Waals surface area contributed by atoms with Crippen molar-refractivity contribution in [2.75, 3.05) is 13.1 Å². The van der Waals surface area contributed by atoms with Crippen LogP contribution in [0.5, 0.6) is 0 Å². The maximum Gasteiger partial charge on any atom is 0.0565 e. The number of rotatable bonds is 3. The molecular weight excluding hydrogens is 188 g/mol. The van der Waals surface area contributed by atoms with Crippen LogP contribution < -0.4 is 5.73 Å². The Bertz CT molecular complexity index is 312. The van der Waals surface area contributed by atoms with Crippen LogP contribution >= 0.6 is 0 Å². The molecule has 0 aromatic carbocycles. The molecular formula is C11H20N4. The number of nitrogens with zero attached hydrogens (tertiary/aromatic N) is 3. The van der Waals surface area contributed by atoms with Crippen LogP contribution in [0.1, 0.15) is 30.5 Å². The number of piperidine rings is 1. The van der Waals surface area contributed by atoms with Crippen molar-refractivity contribution in [3.05, 3.63) is 17.5 Å². The van der Waals surface area contributed by atoms with Gasteiger partial charge in [-0.25, -0.2) is 0 Å². The lowest BCUT2D eigenvalue weighted by Gasteiger charge is -2.26. The topological polar surface area (TPSA) is 47.1 Å². The lowest BCUT2D eigenvalue weighted by molar-refractivity contribution is 0.215. The SMILES string of the molecule is Cn1ncc(CN)c1CN1CCCCC1. The summed E-state index contributed by atoms with van der Waals surface area (Å²) in [6, 6.07) is 0. The van der Waals surface area contributed by atoms with Gasteiger partial charge in [-0.2, -0.15) is 5.10 Å². The van der Waals surface area contributed by atoms with E-state index in [1.54, 1.807) is 0 Å². The Morgan fingerprint density at radius 1 is 1.33 bits per heavy atom. The van der Waals surface area contributed by atoms with Crippen LogP contribution in [0.15, 0.2) is 6.20 Å². The predicted octanol–water partition coefficient (Wildman–Crippen LogP) is 0.865. The first-order valence-electron chi connectivity index (χ1n) is 5.73. The highest BCUT2D eigenvalue weighted by atomic mass is 15.3. The van der Waals surface area contributed by atoms with Crippen molar-refractivity contribution in [3.8, 4) is 0 Å². The van der Waals surface area contributed by atoms with Gasteiger partial charge in [0.15, 0.2) is 0 Å². The summed E-state index contributed by atoms with van der Waals surface area (Å²) in [6.07, 6.45) is 5.93. The molecule has 4 heteroatoms. The van der Waals surface area contributed by atoms with Gasteiger partial charge < -0.3 is 5.73 Å². The molecule has 1 aliphatic heterocycles. The number of aryl methyl sites for hydroxylation is 1. The molecule has 1 saturated heterocycles. The Labute approximate surface area is 91.1 Å². The van der Waals surface area contributed by atoms with E-state index in [-0.39, 0.29) is 0 Å². The van der Waals surface area contributed by atoms with Crippen LogP contribution in [0.2, 0.25) is 0 Å². The third-order valence-electron chi connectivity index (χ3n) is 3.19. The zero-order chi connectivity index (χ0) is 10.7. The molecule has 1 aliphatic rings. The van der Waals surface area contributed by atoms with Gasteiger partial charge in [0.25, 0.3) is 0 Å². The Morgan fingerprint density at radius 3 is 2.73 bits per heavy atom. The fourth-order valence-electron chi connectivity index (χ4n) is 2.21. The van der Waals surface area contributed by atoms with Crippen molar-refractivity contribution in [1.82, 2.24) is 14.7 Å². The van der Waals surface area contributed by atoms with E-state index in [2.05, 4.69) is 10.00 Å². The molecule has 1 aromatic rings. The van der Waals surface area contributed by atoms with Crippen molar-refractivity contribution < 1.29 is 0 Å². The minimum Gasteiger partial charge on any atom is -0.326 e. The summed E-state index contributed by atoms with van der Waals surface area (Å²) in [6.45, 7) is 4.03. The highest BCUT2D eigenvalue weighted by Crippen LogP contribution is 2.15. The largest absolute Gasteiger partial charge is 0.326 e. The summed E-state index contributed by atoms with van der Waals surface area (Å²) < 4.78 is 1.96. The molecule has 0 atom stereocenters. The van der Waals surface area contributed by atoms with Crippen LogP contribution in [0.25, 0.3) is 0 Å². The zero-order valence-corrected chi connectivity index (χ0v) is 9.45. The minimum absolute atomic E-state index is 0.594. The van der Waals surface area contributed by atoms with Gasteiger partial charge in [-0.05, 0) is 25.9 Å². The summed E-state index contributed by atoms with van der Waals surface area (Å²) in [5, 5.41) is 4.26. The van der Waals surface area contributed by atoms with E-state index in [9.17, 15) is 0 Å². The van der Waals surface area contributed by atoms with Gasteiger partial charge in [-0.1, -0.05) is 6.42 Å². The fourth-order valence-corrected chi connectivity index (χ4v) is 2.21. The Kier molecular flexibility index (Phi) is 3.38. The van der Waals surface area contributed by atoms with E-state index in [0.29, 0.717) is 6.54 Å². The van der Waals surface area contributed by atoms with Crippen LogP contribution in [-0.4, -0.2) is 27.8 Å². The van der Waals surface area contributed by atoms with Crippen molar-refractivity contribution in [2.24, 2.45) is 12.8 Å². The van der Waals surface area contributed by atoms with Gasteiger partial charge in [-0.15, -0.1) is 0 Å². The number of nitrogens with two attached hydrogens (primary N) is 1. The van der Waals surface area contributed by atoms with Crippen molar-refractivity contribution in [1.29, 1.82) is 0 Å². The van der Waals surface area contributed by atoms with Crippen molar-refractivity contribution >= 4 is 0 Å². The quantitative estimate of drug-likeness (QED) is 0.801. The Hall–Kier alpha value is -0.870. The molecule has 15 heavy (non-hydrogen) atoms. The van der Waals surface area contributed by atoms with Crippen LogP contribution in [-0.2, 0) is 20.1 Å². The zero-order valence-electron chi connectivity index (χ0n) is 9.45. The average Bonchev–Trinajstić information content (AvgIpc) is 2.62. The highest BCUT2D eigenvalue weighted by molar-refractivity contribution is 5.17. The van der Waals surface area contributed by atoms with Gasteiger partial charge in [0.05, 0.1) is 11.9 Å². The Balaban J connectivity index is 2.04. The van der Waals surface area contributed by atoms with E-state index >= 15 is 0 Å². The smallest absolute Gasteiger partial charge is 0.0565 e. The van der Waals surface area contributed by atoms with Crippen molar-refractivity contribution in [3.63, 3.8) is 0 Å². The highest BCUT2D eigenvalue weighted by Gasteiger charge is 2.14. The number of hydrogen-bond donors (Lipinski definition) is 1. The van der Waals surface area contributed by atoms with Gasteiger partial charge in [0, 0.05) is 25.7 Å². The summed E-state index contributed by atoms with van der Waals surface area (Å²) in [7, 11) is 2.00. The Morgan fingerprint density at radius 2 is 2.07 bits per heavy atom. The molecule has 2 N–H and O–H groups in total. The fraction of sp³-hybridized carbons (Fsp3) is 0.727. The normalized spacial score (nSPS) is 18.3. The predicted molar refractivity (Wildman–Crippen MR) is 60.2 cm³/mol. The summed E-state index contributed by atoms with van der Waals surface area (Å²) in [5.41, 5.74) is 8.16. The molecule has 4 nitrogen and oxygen atoms in total. The van der Waals surface area contributed by atoms with Crippen molar-refractivity contribution in [2.45, 2.75) is 32.4 Å². The molecule has 84 valence electrons. The second-order valence-electron chi connectivity index (χ2n) is 4.28. The maximum atomic E-state index is 5.70. The molecule has 0 bridgehead atoms. The molecule has 1 fully saturated rings. The first-order valence-corrected chi connectivity index (χ1v) is 5.73. The molecule has 2 heterocycles. The maximum absolute atomic E-state index is 5.70.